The van der Waals surface area contributed by atoms with Crippen molar-refractivity contribution in [3.05, 3.63) is 86.8 Å². The van der Waals surface area contributed by atoms with E-state index in [1.54, 1.807) is 4.90 Å². The van der Waals surface area contributed by atoms with Crippen molar-refractivity contribution in [2.75, 3.05) is 24.8 Å². The summed E-state index contributed by atoms with van der Waals surface area (Å²) in [6.45, 7) is 0.904. The van der Waals surface area contributed by atoms with Gasteiger partial charge < -0.3 is 14.7 Å². The van der Waals surface area contributed by atoms with E-state index in [-0.39, 0.29) is 41.3 Å². The van der Waals surface area contributed by atoms with Crippen LogP contribution in [0.1, 0.15) is 39.6 Å². The normalized spacial score (nSPS) is 23.8. The second-order valence-electron chi connectivity index (χ2n) is 9.69. The molecule has 0 saturated heterocycles. The van der Waals surface area contributed by atoms with Gasteiger partial charge in [-0.05, 0) is 29.9 Å². The van der Waals surface area contributed by atoms with E-state index in [9.17, 15) is 19.1 Å². The minimum atomic E-state index is -0.964. The zero-order valence-corrected chi connectivity index (χ0v) is 19.8. The van der Waals surface area contributed by atoms with Crippen LogP contribution in [0.5, 0.6) is 11.5 Å². The number of fused-ring (bicyclic) bond motifs is 8. The number of rotatable bonds is 0. The largest absolute Gasteiger partial charge is 0.502 e. The maximum atomic E-state index is 15.4. The number of carbonyl (C=O) groups excluding carboxylic acids is 1. The zero-order valence-electron chi connectivity index (χ0n) is 19.0. The van der Waals surface area contributed by atoms with Gasteiger partial charge in [0.2, 0.25) is 5.43 Å². The maximum absolute atomic E-state index is 15.4. The highest BCUT2D eigenvalue weighted by Gasteiger charge is 2.46. The van der Waals surface area contributed by atoms with Gasteiger partial charge in [-0.3, -0.25) is 19.3 Å². The van der Waals surface area contributed by atoms with Gasteiger partial charge >= 0.3 is 0 Å². The first-order valence-electron chi connectivity index (χ1n) is 11.8. The standard InChI is InChI=1S/C26H21F2N3O4S/c27-17-8-19-21-16(22(17)28)11-36-20-4-2-1-3-15(20)23(21)31-12-29(9-13-7-14(13)10-35-19)26(34)24-25(33)18(32)5-6-30(24)31/h1-6,8,13-14,23,33H,7,9-12H2/t13?,14-,23+/m1/s1. The van der Waals surface area contributed by atoms with Gasteiger partial charge in [-0.2, -0.15) is 0 Å². The SMILES string of the molecule is O=C1c2c(O)c(=O)ccn2N2CN1CC1C[C@@H]1COc1cc(F)c(F)c3c1[C@@H]2c1ccccc1SC3. The molecule has 184 valence electrons. The summed E-state index contributed by atoms with van der Waals surface area (Å²) in [6, 6.07) is 9.25. The molecule has 1 aliphatic carbocycles. The van der Waals surface area contributed by atoms with Crippen LogP contribution in [0.25, 0.3) is 0 Å². The predicted octanol–water partition coefficient (Wildman–Crippen LogP) is 3.61. The molecular weight excluding hydrogens is 488 g/mol. The lowest BCUT2D eigenvalue weighted by Gasteiger charge is -2.44. The Morgan fingerprint density at radius 3 is 2.81 bits per heavy atom. The van der Waals surface area contributed by atoms with Gasteiger partial charge in [0.1, 0.15) is 18.5 Å². The summed E-state index contributed by atoms with van der Waals surface area (Å²) in [7, 11) is 0. The van der Waals surface area contributed by atoms with Crippen molar-refractivity contribution in [1.29, 1.82) is 0 Å². The average molecular weight is 510 g/mol. The van der Waals surface area contributed by atoms with Crippen LogP contribution >= 0.6 is 11.8 Å². The molecule has 2 aromatic carbocycles. The van der Waals surface area contributed by atoms with E-state index in [0.717, 1.165) is 22.9 Å². The Labute approximate surface area is 208 Å². The summed E-state index contributed by atoms with van der Waals surface area (Å²) in [6.07, 6.45) is 2.29. The summed E-state index contributed by atoms with van der Waals surface area (Å²) < 4.78 is 37.8. The summed E-state index contributed by atoms with van der Waals surface area (Å²) in [5.74, 6) is -2.12. The van der Waals surface area contributed by atoms with Crippen LogP contribution in [-0.2, 0) is 5.75 Å². The van der Waals surface area contributed by atoms with Crippen molar-refractivity contribution in [2.45, 2.75) is 23.1 Å². The molecule has 7 nitrogen and oxygen atoms in total. The van der Waals surface area contributed by atoms with Crippen LogP contribution in [0.2, 0.25) is 0 Å². The lowest BCUT2D eigenvalue weighted by Crippen LogP contribution is -2.56. The molecular formula is C26H21F2N3O4S. The number of nitrogens with zero attached hydrogens (tertiary/aromatic N) is 3. The third-order valence-electron chi connectivity index (χ3n) is 7.59. The topological polar surface area (TPSA) is 75.0 Å². The van der Waals surface area contributed by atoms with Crippen LogP contribution in [0.15, 0.2) is 52.3 Å². The maximum Gasteiger partial charge on any atom is 0.277 e. The van der Waals surface area contributed by atoms with E-state index < -0.39 is 34.8 Å². The lowest BCUT2D eigenvalue weighted by molar-refractivity contribution is 0.0667. The second kappa shape index (κ2) is 7.73. The number of hydrogen-bond donors (Lipinski definition) is 1. The van der Waals surface area contributed by atoms with Gasteiger partial charge in [-0.1, -0.05) is 18.2 Å². The number of aromatic nitrogens is 1. The Morgan fingerprint density at radius 2 is 1.94 bits per heavy atom. The third-order valence-corrected chi connectivity index (χ3v) is 8.71. The Kier molecular flexibility index (Phi) is 4.67. The van der Waals surface area contributed by atoms with Crippen LogP contribution < -0.4 is 15.2 Å². The number of carbonyl (C=O) groups is 1. The van der Waals surface area contributed by atoms with Crippen molar-refractivity contribution < 1.29 is 23.4 Å². The molecule has 0 radical (unpaired) electrons. The molecule has 7 rings (SSSR count). The molecule has 1 unspecified atom stereocenters. The lowest BCUT2D eigenvalue weighted by atomic mass is 9.92. The molecule has 3 atom stereocenters. The van der Waals surface area contributed by atoms with Gasteiger partial charge in [-0.25, -0.2) is 8.78 Å². The van der Waals surface area contributed by atoms with Crippen molar-refractivity contribution in [2.24, 2.45) is 11.8 Å². The van der Waals surface area contributed by atoms with E-state index in [4.69, 9.17) is 4.74 Å². The summed E-state index contributed by atoms with van der Waals surface area (Å²) in [4.78, 5) is 28.3. The fraction of sp³-hybridized carbons (Fsp3) is 0.308. The van der Waals surface area contributed by atoms with Gasteiger partial charge in [0, 0.05) is 46.6 Å². The molecule has 3 aliphatic heterocycles. The number of halogens is 2. The molecule has 3 aromatic rings. The minimum absolute atomic E-state index is 0.133. The first-order valence-corrected chi connectivity index (χ1v) is 12.8. The number of amides is 1. The summed E-state index contributed by atoms with van der Waals surface area (Å²) >= 11 is 1.41. The van der Waals surface area contributed by atoms with Gasteiger partial charge in [0.05, 0.1) is 6.61 Å². The van der Waals surface area contributed by atoms with Crippen LogP contribution in [-0.4, -0.2) is 40.4 Å². The van der Waals surface area contributed by atoms with Crippen LogP contribution in [0.4, 0.5) is 8.78 Å². The third kappa shape index (κ3) is 3.09. The molecule has 1 fully saturated rings. The van der Waals surface area contributed by atoms with Crippen molar-refractivity contribution in [1.82, 2.24) is 9.58 Å². The number of aromatic hydroxyl groups is 1. The highest BCUT2D eigenvalue weighted by atomic mass is 32.2. The number of thioether (sulfide) groups is 1. The highest BCUT2D eigenvalue weighted by Crippen LogP contribution is 2.49. The molecule has 10 heteroatoms. The van der Waals surface area contributed by atoms with Crippen molar-refractivity contribution in [3.8, 4) is 11.5 Å². The Hall–Kier alpha value is -3.53. The smallest absolute Gasteiger partial charge is 0.277 e. The Bertz CT molecular complexity index is 1510. The number of benzene rings is 2. The number of ether oxygens (including phenoxy) is 1. The average Bonchev–Trinajstić information content (AvgIpc) is 3.64. The van der Waals surface area contributed by atoms with E-state index in [1.807, 2.05) is 29.3 Å². The second-order valence-corrected chi connectivity index (χ2v) is 10.7. The molecule has 1 saturated carbocycles. The van der Waals surface area contributed by atoms with Crippen molar-refractivity contribution >= 4 is 17.7 Å². The van der Waals surface area contributed by atoms with Crippen LogP contribution in [0.3, 0.4) is 0 Å². The molecule has 4 heterocycles. The fourth-order valence-corrected chi connectivity index (χ4v) is 6.74. The monoisotopic (exact) mass is 509 g/mol. The molecule has 1 aromatic heterocycles. The molecule has 1 amide bonds. The zero-order chi connectivity index (χ0) is 24.7. The van der Waals surface area contributed by atoms with E-state index in [1.165, 1.54) is 28.7 Å². The van der Waals surface area contributed by atoms with Crippen molar-refractivity contribution in [3.63, 3.8) is 0 Å². The van der Waals surface area contributed by atoms with Crippen LogP contribution in [0, 0.1) is 23.5 Å². The molecule has 1 N–H and O–H groups in total. The quantitative estimate of drug-likeness (QED) is 0.499. The number of hydrogen-bond acceptors (Lipinski definition) is 6. The van der Waals surface area contributed by atoms with E-state index >= 15 is 4.39 Å². The Morgan fingerprint density at radius 1 is 1.11 bits per heavy atom. The van der Waals surface area contributed by atoms with E-state index in [0.29, 0.717) is 18.7 Å². The van der Waals surface area contributed by atoms with E-state index in [2.05, 4.69) is 0 Å². The molecule has 2 bridgehead atoms. The number of pyridine rings is 1. The minimum Gasteiger partial charge on any atom is -0.502 e. The molecule has 0 spiro atoms. The fourth-order valence-electron chi connectivity index (χ4n) is 5.63. The summed E-state index contributed by atoms with van der Waals surface area (Å²) in [5.41, 5.74) is 0.743. The summed E-state index contributed by atoms with van der Waals surface area (Å²) in [5, 5.41) is 12.5. The predicted molar refractivity (Wildman–Crippen MR) is 128 cm³/mol. The van der Waals surface area contributed by atoms with Gasteiger partial charge in [0.25, 0.3) is 5.91 Å². The molecule has 4 aliphatic rings. The first kappa shape index (κ1) is 21.7. The van der Waals surface area contributed by atoms with Gasteiger partial charge in [0.15, 0.2) is 23.1 Å². The van der Waals surface area contributed by atoms with Gasteiger partial charge in [-0.15, -0.1) is 11.8 Å². The Balaban J connectivity index is 1.56. The highest BCUT2D eigenvalue weighted by molar-refractivity contribution is 7.98. The molecule has 36 heavy (non-hydrogen) atoms. The first-order chi connectivity index (χ1) is 17.4.